The third kappa shape index (κ3) is 2.95. The molecule has 5 nitrogen and oxygen atoms in total. The minimum Gasteiger partial charge on any atom is -0.411 e. The molecule has 0 aromatic heterocycles. The minimum absolute atomic E-state index is 0.458. The van der Waals surface area contributed by atoms with Gasteiger partial charge in [-0.1, -0.05) is 36.9 Å². The van der Waals surface area contributed by atoms with E-state index >= 15 is 0 Å². The Morgan fingerprint density at radius 2 is 2.05 bits per heavy atom. The van der Waals surface area contributed by atoms with Crippen LogP contribution >= 0.6 is 11.8 Å². The molecule has 1 N–H and O–H groups in total. The fourth-order valence-electron chi connectivity index (χ4n) is 2.19. The molecule has 0 saturated carbocycles. The predicted octanol–water partition coefficient (Wildman–Crippen LogP) is 3.48. The number of thioether (sulfide) groups is 1. The average Bonchev–Trinajstić information content (AvgIpc) is 2.56. The second kappa shape index (κ2) is 5.52. The van der Waals surface area contributed by atoms with Crippen LogP contribution < -0.4 is 5.32 Å². The van der Waals surface area contributed by atoms with Crippen molar-refractivity contribution in [2.24, 2.45) is 15.2 Å². The third-order valence-corrected chi connectivity index (χ3v) is 4.08. The van der Waals surface area contributed by atoms with Crippen LogP contribution in [0.2, 0.25) is 0 Å². The Kier molecular flexibility index (Phi) is 3.71. The van der Waals surface area contributed by atoms with Crippen LogP contribution in [0, 0.1) is 0 Å². The summed E-state index contributed by atoms with van der Waals surface area (Å²) in [6, 6.07) is 7.98. The first kappa shape index (κ1) is 14.1. The highest BCUT2D eigenvalue weighted by molar-refractivity contribution is 8.13. The van der Waals surface area contributed by atoms with Crippen molar-refractivity contribution in [2.75, 3.05) is 11.1 Å². The van der Waals surface area contributed by atoms with E-state index in [1.807, 2.05) is 38.1 Å². The summed E-state index contributed by atoms with van der Waals surface area (Å²) in [7, 11) is 0. The fourth-order valence-corrected chi connectivity index (χ4v) is 2.80. The summed E-state index contributed by atoms with van der Waals surface area (Å²) in [6.07, 6.45) is 1.06. The molecule has 2 aliphatic rings. The number of fused-ring (bicyclic) bond motifs is 3. The largest absolute Gasteiger partial charge is 0.411 e. The van der Waals surface area contributed by atoms with Crippen LogP contribution in [0.4, 0.5) is 5.69 Å². The molecule has 6 heteroatoms. The summed E-state index contributed by atoms with van der Waals surface area (Å²) in [6.45, 7) is 6.14. The minimum atomic E-state index is -0.458. The monoisotopic (exact) mass is 302 g/mol. The number of hydrogen-bond acceptors (Lipinski definition) is 6. The lowest BCUT2D eigenvalue weighted by Gasteiger charge is -2.22. The van der Waals surface area contributed by atoms with Gasteiger partial charge < -0.3 is 10.1 Å². The summed E-state index contributed by atoms with van der Waals surface area (Å²) in [5, 5.41) is 12.5. The van der Waals surface area contributed by atoms with Gasteiger partial charge in [-0.3, -0.25) is 0 Å². The van der Waals surface area contributed by atoms with E-state index in [4.69, 9.17) is 4.74 Å². The predicted molar refractivity (Wildman–Crippen MR) is 89.4 cm³/mol. The standard InChI is InChI=1S/C15H18N4OS/c1-4-9-21-14-19-18-12-10-7-5-6-8-11(10)16-15(2,3)17-13(12)20-14/h5-8,16H,4,9H2,1-3H3. The first-order valence-electron chi connectivity index (χ1n) is 7.03. The van der Waals surface area contributed by atoms with Crippen LogP contribution in [0.1, 0.15) is 32.8 Å². The molecule has 0 saturated heterocycles. The lowest BCUT2D eigenvalue weighted by atomic mass is 10.1. The van der Waals surface area contributed by atoms with Crippen LogP contribution in [0.15, 0.2) is 39.5 Å². The van der Waals surface area contributed by atoms with Crippen LogP contribution in [-0.4, -0.2) is 28.3 Å². The van der Waals surface area contributed by atoms with E-state index in [9.17, 15) is 0 Å². The molecule has 110 valence electrons. The summed E-state index contributed by atoms with van der Waals surface area (Å²) in [5.74, 6) is 1.49. The molecule has 0 bridgehead atoms. The summed E-state index contributed by atoms with van der Waals surface area (Å²) in [5.41, 5.74) is 2.18. The zero-order chi connectivity index (χ0) is 14.9. The number of anilines is 1. The molecule has 0 spiro atoms. The highest BCUT2D eigenvalue weighted by Gasteiger charge is 2.31. The summed E-state index contributed by atoms with van der Waals surface area (Å²) < 4.78 is 5.86. The second-order valence-corrected chi connectivity index (χ2v) is 6.46. The second-order valence-electron chi connectivity index (χ2n) is 5.41. The van der Waals surface area contributed by atoms with Crippen LogP contribution in [-0.2, 0) is 4.74 Å². The van der Waals surface area contributed by atoms with Gasteiger partial charge in [0.15, 0.2) is 5.71 Å². The van der Waals surface area contributed by atoms with Gasteiger partial charge in [-0.25, -0.2) is 4.99 Å². The van der Waals surface area contributed by atoms with Gasteiger partial charge in [0, 0.05) is 17.0 Å². The molecule has 0 fully saturated rings. The van der Waals surface area contributed by atoms with Crippen molar-refractivity contribution in [3.8, 4) is 0 Å². The first-order valence-corrected chi connectivity index (χ1v) is 8.02. The molecule has 21 heavy (non-hydrogen) atoms. The van der Waals surface area contributed by atoms with Gasteiger partial charge in [0.1, 0.15) is 5.66 Å². The molecule has 2 aliphatic heterocycles. The van der Waals surface area contributed by atoms with Crippen molar-refractivity contribution >= 4 is 34.3 Å². The molecule has 0 amide bonds. The number of nitrogens with zero attached hydrogens (tertiary/aromatic N) is 3. The number of nitrogens with one attached hydrogen (secondary N) is 1. The smallest absolute Gasteiger partial charge is 0.276 e. The van der Waals surface area contributed by atoms with Crippen molar-refractivity contribution < 1.29 is 4.74 Å². The van der Waals surface area contributed by atoms with E-state index < -0.39 is 5.66 Å². The number of benzene rings is 1. The number of hydrogen-bond donors (Lipinski definition) is 1. The number of aliphatic imine (C=N–C) groups is 1. The maximum absolute atomic E-state index is 5.86. The van der Waals surface area contributed by atoms with Crippen LogP contribution in [0.3, 0.4) is 0 Å². The average molecular weight is 302 g/mol. The number of rotatable bonds is 2. The van der Waals surface area contributed by atoms with Gasteiger partial charge >= 0.3 is 0 Å². The Bertz CT molecular complexity index is 649. The van der Waals surface area contributed by atoms with E-state index in [2.05, 4.69) is 27.4 Å². The Morgan fingerprint density at radius 1 is 1.24 bits per heavy atom. The van der Waals surface area contributed by atoms with Gasteiger partial charge in [0.05, 0.1) is 0 Å². The van der Waals surface area contributed by atoms with E-state index in [0.29, 0.717) is 16.8 Å². The summed E-state index contributed by atoms with van der Waals surface area (Å²) >= 11 is 1.56. The highest BCUT2D eigenvalue weighted by atomic mass is 32.2. The molecular formula is C15H18N4OS. The fraction of sp³-hybridized carbons (Fsp3) is 0.400. The van der Waals surface area contributed by atoms with Gasteiger partial charge in [-0.15, -0.1) is 10.2 Å². The van der Waals surface area contributed by atoms with Gasteiger partial charge in [-0.2, -0.15) is 0 Å². The zero-order valence-electron chi connectivity index (χ0n) is 12.4. The number of para-hydroxylation sites is 1. The van der Waals surface area contributed by atoms with Crippen molar-refractivity contribution in [3.05, 3.63) is 29.8 Å². The Balaban J connectivity index is 2.04. The SMILES string of the molecule is CCCSC1=NN=C2C(=NC(C)(C)Nc3ccccc32)O1. The zero-order valence-corrected chi connectivity index (χ0v) is 13.2. The van der Waals surface area contributed by atoms with Gasteiger partial charge in [0.25, 0.3) is 5.23 Å². The van der Waals surface area contributed by atoms with Crippen LogP contribution in [0.25, 0.3) is 0 Å². The quantitative estimate of drug-likeness (QED) is 0.910. The maximum Gasteiger partial charge on any atom is 0.276 e. The Hall–Kier alpha value is -1.82. The maximum atomic E-state index is 5.86. The van der Waals surface area contributed by atoms with E-state index in [0.717, 1.165) is 23.4 Å². The molecule has 3 rings (SSSR count). The molecule has 0 atom stereocenters. The molecule has 1 aromatic carbocycles. The van der Waals surface area contributed by atoms with Crippen molar-refractivity contribution in [1.82, 2.24) is 0 Å². The van der Waals surface area contributed by atoms with E-state index in [1.165, 1.54) is 0 Å². The van der Waals surface area contributed by atoms with Gasteiger partial charge in [-0.05, 0) is 26.3 Å². The molecule has 0 unspecified atom stereocenters. The Labute approximate surface area is 128 Å². The molecule has 0 radical (unpaired) electrons. The van der Waals surface area contributed by atoms with Crippen molar-refractivity contribution in [2.45, 2.75) is 32.9 Å². The van der Waals surface area contributed by atoms with Crippen LogP contribution in [0.5, 0.6) is 0 Å². The highest BCUT2D eigenvalue weighted by Crippen LogP contribution is 2.28. The lowest BCUT2D eigenvalue weighted by molar-refractivity contribution is 0.525. The van der Waals surface area contributed by atoms with Crippen molar-refractivity contribution in [1.29, 1.82) is 0 Å². The first-order chi connectivity index (χ1) is 10.1. The normalized spacial score (nSPS) is 18.9. The van der Waals surface area contributed by atoms with E-state index in [-0.39, 0.29) is 0 Å². The van der Waals surface area contributed by atoms with E-state index in [1.54, 1.807) is 11.8 Å². The Morgan fingerprint density at radius 3 is 2.86 bits per heavy atom. The molecule has 2 heterocycles. The molecular weight excluding hydrogens is 284 g/mol. The molecule has 0 aliphatic carbocycles. The lowest BCUT2D eigenvalue weighted by Crippen LogP contribution is -2.30. The molecule has 1 aromatic rings. The summed E-state index contributed by atoms with van der Waals surface area (Å²) in [4.78, 5) is 4.66. The van der Waals surface area contributed by atoms with Gasteiger partial charge in [0.2, 0.25) is 5.90 Å². The van der Waals surface area contributed by atoms with Crippen molar-refractivity contribution in [3.63, 3.8) is 0 Å². The third-order valence-electron chi connectivity index (χ3n) is 3.05. The number of ether oxygens (including phenoxy) is 1. The topological polar surface area (TPSA) is 58.3 Å².